The van der Waals surface area contributed by atoms with Crippen molar-refractivity contribution >= 4 is 28.2 Å². The minimum absolute atomic E-state index is 0.0908. The van der Waals surface area contributed by atoms with E-state index >= 15 is 0 Å². The minimum Gasteiger partial charge on any atom is -0.399 e. The first kappa shape index (κ1) is 19.2. The summed E-state index contributed by atoms with van der Waals surface area (Å²) in [4.78, 5) is 23.4. The molecule has 0 bridgehead atoms. The molecular formula is C23H27N5O. The molecule has 4 rings (SSSR count). The fourth-order valence-corrected chi connectivity index (χ4v) is 4.03. The maximum absolute atomic E-state index is 12.7. The van der Waals surface area contributed by atoms with Gasteiger partial charge in [-0.25, -0.2) is 4.98 Å². The molecule has 0 aliphatic carbocycles. The van der Waals surface area contributed by atoms with Gasteiger partial charge in [0.15, 0.2) is 0 Å². The molecule has 6 heteroatoms. The van der Waals surface area contributed by atoms with E-state index in [0.29, 0.717) is 5.92 Å². The molecule has 1 aromatic carbocycles. The number of allylic oxidation sites excluding steroid dienone is 1. The van der Waals surface area contributed by atoms with Crippen LogP contribution in [0.3, 0.4) is 0 Å². The standard InChI is InChI=1S/C23H27N5O/c1-16(19-3-5-20(24)6-4-19)13-23(29)27-11-8-18(9-12-27)15-28-17(2)26-21-14-25-10-7-22(21)28/h3-7,10,13-14,18H,8-9,11-12,15,24H2,1-2H3/b16-13+. The topological polar surface area (TPSA) is 77.0 Å². The van der Waals surface area contributed by atoms with Crippen LogP contribution in [0, 0.1) is 12.8 Å². The monoisotopic (exact) mass is 389 g/mol. The first-order valence-corrected chi connectivity index (χ1v) is 10.1. The molecule has 1 fully saturated rings. The molecule has 3 aromatic rings. The number of carbonyl (C=O) groups is 1. The normalized spacial score (nSPS) is 15.8. The Morgan fingerprint density at radius 3 is 2.66 bits per heavy atom. The van der Waals surface area contributed by atoms with Crippen molar-refractivity contribution in [3.8, 4) is 0 Å². The fraction of sp³-hybridized carbons (Fsp3) is 0.348. The number of nitrogen functional groups attached to an aromatic ring is 1. The number of aromatic nitrogens is 3. The molecule has 6 nitrogen and oxygen atoms in total. The largest absolute Gasteiger partial charge is 0.399 e. The Hall–Kier alpha value is -3.15. The Balaban J connectivity index is 1.37. The number of carbonyl (C=O) groups excluding carboxylic acids is 1. The Morgan fingerprint density at radius 1 is 1.21 bits per heavy atom. The molecule has 3 heterocycles. The summed E-state index contributed by atoms with van der Waals surface area (Å²) in [5.74, 6) is 1.66. The van der Waals surface area contributed by atoms with Crippen LogP contribution in [0.2, 0.25) is 0 Å². The number of amides is 1. The second kappa shape index (κ2) is 8.07. The molecule has 29 heavy (non-hydrogen) atoms. The van der Waals surface area contributed by atoms with Crippen LogP contribution < -0.4 is 5.73 Å². The van der Waals surface area contributed by atoms with Crippen LogP contribution in [0.25, 0.3) is 16.6 Å². The average molecular weight is 390 g/mol. The third kappa shape index (κ3) is 4.16. The van der Waals surface area contributed by atoms with Gasteiger partial charge in [0.05, 0.1) is 11.7 Å². The third-order valence-electron chi connectivity index (χ3n) is 5.81. The van der Waals surface area contributed by atoms with Crippen molar-refractivity contribution in [2.24, 2.45) is 5.92 Å². The molecule has 0 atom stereocenters. The number of nitrogens with two attached hydrogens (primary N) is 1. The van der Waals surface area contributed by atoms with E-state index in [1.807, 2.05) is 61.5 Å². The molecule has 1 saturated heterocycles. The number of hydrogen-bond acceptors (Lipinski definition) is 4. The minimum atomic E-state index is 0.0908. The van der Waals surface area contributed by atoms with Crippen molar-refractivity contribution in [1.82, 2.24) is 19.4 Å². The number of pyridine rings is 1. The molecule has 0 radical (unpaired) electrons. The lowest BCUT2D eigenvalue weighted by Gasteiger charge is -2.32. The maximum atomic E-state index is 12.7. The summed E-state index contributed by atoms with van der Waals surface area (Å²) in [5, 5.41) is 0. The molecule has 0 unspecified atom stereocenters. The van der Waals surface area contributed by atoms with Crippen molar-refractivity contribution in [3.63, 3.8) is 0 Å². The molecule has 0 spiro atoms. The highest BCUT2D eigenvalue weighted by molar-refractivity contribution is 5.95. The highest BCUT2D eigenvalue weighted by Crippen LogP contribution is 2.24. The quantitative estimate of drug-likeness (QED) is 0.546. The zero-order valence-electron chi connectivity index (χ0n) is 17.0. The SMILES string of the molecule is C/C(=C\C(=O)N1CCC(Cn2c(C)nc3cnccc32)CC1)c1ccc(N)cc1. The number of anilines is 1. The lowest BCUT2D eigenvalue weighted by atomic mass is 9.96. The summed E-state index contributed by atoms with van der Waals surface area (Å²) < 4.78 is 2.28. The summed E-state index contributed by atoms with van der Waals surface area (Å²) in [5.41, 5.74) is 10.5. The number of nitrogens with zero attached hydrogens (tertiary/aromatic N) is 4. The number of likely N-dealkylation sites (tertiary alicyclic amines) is 1. The van der Waals surface area contributed by atoms with Gasteiger partial charge in [0.25, 0.3) is 0 Å². The van der Waals surface area contributed by atoms with E-state index in [1.54, 1.807) is 6.08 Å². The number of benzene rings is 1. The Bertz CT molecular complexity index is 1040. The van der Waals surface area contributed by atoms with Gasteiger partial charge in [-0.05, 0) is 61.9 Å². The van der Waals surface area contributed by atoms with Crippen molar-refractivity contribution in [1.29, 1.82) is 0 Å². The van der Waals surface area contributed by atoms with Crippen molar-refractivity contribution < 1.29 is 4.79 Å². The molecule has 0 saturated carbocycles. The summed E-state index contributed by atoms with van der Waals surface area (Å²) >= 11 is 0. The van der Waals surface area contributed by atoms with Crippen LogP contribution in [-0.4, -0.2) is 38.4 Å². The van der Waals surface area contributed by atoms with Gasteiger partial charge in [0.2, 0.25) is 5.91 Å². The highest BCUT2D eigenvalue weighted by atomic mass is 16.2. The van der Waals surface area contributed by atoms with Crippen LogP contribution in [0.5, 0.6) is 0 Å². The summed E-state index contributed by atoms with van der Waals surface area (Å²) in [6.07, 6.45) is 7.38. The number of aryl methyl sites for hydroxylation is 1. The molecule has 1 amide bonds. The van der Waals surface area contributed by atoms with Gasteiger partial charge in [-0.2, -0.15) is 0 Å². The van der Waals surface area contributed by atoms with Gasteiger partial charge >= 0.3 is 0 Å². The first-order chi connectivity index (χ1) is 14.0. The van der Waals surface area contributed by atoms with E-state index in [2.05, 4.69) is 14.5 Å². The van der Waals surface area contributed by atoms with E-state index in [-0.39, 0.29) is 5.91 Å². The van der Waals surface area contributed by atoms with Crippen LogP contribution in [0.4, 0.5) is 5.69 Å². The maximum Gasteiger partial charge on any atom is 0.246 e. The fourth-order valence-electron chi connectivity index (χ4n) is 4.03. The van der Waals surface area contributed by atoms with E-state index in [4.69, 9.17) is 5.73 Å². The molecular weight excluding hydrogens is 362 g/mol. The predicted octanol–water partition coefficient (Wildman–Crippen LogP) is 3.66. The molecule has 1 aliphatic heterocycles. The van der Waals surface area contributed by atoms with E-state index in [1.165, 1.54) is 0 Å². The number of piperidine rings is 1. The van der Waals surface area contributed by atoms with Crippen LogP contribution in [-0.2, 0) is 11.3 Å². The zero-order valence-corrected chi connectivity index (χ0v) is 17.0. The van der Waals surface area contributed by atoms with Crippen LogP contribution in [0.15, 0.2) is 48.8 Å². The van der Waals surface area contributed by atoms with Crippen LogP contribution >= 0.6 is 0 Å². The lowest BCUT2D eigenvalue weighted by molar-refractivity contribution is -0.127. The number of fused-ring (bicyclic) bond motifs is 1. The second-order valence-electron chi connectivity index (χ2n) is 7.85. The van der Waals surface area contributed by atoms with Gasteiger partial charge < -0.3 is 15.2 Å². The predicted molar refractivity (Wildman–Crippen MR) is 116 cm³/mol. The highest BCUT2D eigenvalue weighted by Gasteiger charge is 2.23. The van der Waals surface area contributed by atoms with Crippen LogP contribution in [0.1, 0.15) is 31.2 Å². The Morgan fingerprint density at radius 2 is 1.93 bits per heavy atom. The van der Waals surface area contributed by atoms with Gasteiger partial charge in [-0.15, -0.1) is 0 Å². The Labute approximate surface area is 171 Å². The third-order valence-corrected chi connectivity index (χ3v) is 5.81. The van der Waals surface area contributed by atoms with Gasteiger partial charge in [-0.1, -0.05) is 12.1 Å². The summed E-state index contributed by atoms with van der Waals surface area (Å²) in [6, 6.07) is 9.65. The average Bonchev–Trinajstić information content (AvgIpc) is 3.04. The van der Waals surface area contributed by atoms with Gasteiger partial charge in [-0.3, -0.25) is 9.78 Å². The molecule has 2 N–H and O–H groups in total. The number of rotatable bonds is 4. The molecule has 150 valence electrons. The van der Waals surface area contributed by atoms with Crippen molar-refractivity contribution in [2.45, 2.75) is 33.2 Å². The van der Waals surface area contributed by atoms with E-state index in [0.717, 1.165) is 66.2 Å². The van der Waals surface area contributed by atoms with Gasteiger partial charge in [0.1, 0.15) is 11.3 Å². The van der Waals surface area contributed by atoms with Crippen molar-refractivity contribution in [2.75, 3.05) is 18.8 Å². The summed E-state index contributed by atoms with van der Waals surface area (Å²) in [7, 11) is 0. The number of hydrogen-bond donors (Lipinski definition) is 1. The van der Waals surface area contributed by atoms with E-state index in [9.17, 15) is 4.79 Å². The lowest BCUT2D eigenvalue weighted by Crippen LogP contribution is -2.38. The number of imidazole rings is 1. The first-order valence-electron chi connectivity index (χ1n) is 10.1. The second-order valence-corrected chi connectivity index (χ2v) is 7.85. The molecule has 1 aliphatic rings. The Kier molecular flexibility index (Phi) is 5.34. The molecule has 2 aromatic heterocycles. The summed E-state index contributed by atoms with van der Waals surface area (Å²) in [6.45, 7) is 6.54. The smallest absolute Gasteiger partial charge is 0.246 e. The van der Waals surface area contributed by atoms with E-state index < -0.39 is 0 Å². The van der Waals surface area contributed by atoms with Crippen molar-refractivity contribution in [3.05, 3.63) is 60.2 Å². The van der Waals surface area contributed by atoms with Gasteiger partial charge in [0, 0.05) is 37.6 Å². The zero-order chi connectivity index (χ0) is 20.4.